The number of nitro benzene ring substituents is 1. The number of hydrogen-bond acceptors (Lipinski definition) is 4. The summed E-state index contributed by atoms with van der Waals surface area (Å²) >= 11 is 0. The van der Waals surface area contributed by atoms with Crippen LogP contribution in [0.1, 0.15) is 12.0 Å². The number of aryl methyl sites for hydroxylation is 1. The molecule has 0 heterocycles. The van der Waals surface area contributed by atoms with Crippen LogP contribution in [0, 0.1) is 17.0 Å². The van der Waals surface area contributed by atoms with Gasteiger partial charge in [0.05, 0.1) is 9.82 Å². The van der Waals surface area contributed by atoms with E-state index in [1.54, 1.807) is 13.0 Å². The Balaban J connectivity index is 3.06. The van der Waals surface area contributed by atoms with E-state index >= 15 is 0 Å². The van der Waals surface area contributed by atoms with Crippen molar-refractivity contribution in [2.45, 2.75) is 18.2 Å². The average molecular weight is 270 g/mol. The standard InChI is InChI=1S/C11H14N2O4S/c1-3-4-7-12-18(16,17)10-6-5-9(2)11(8-10)13(14)15/h3,5-6,8,12H,1,4,7H2,2H3. The van der Waals surface area contributed by atoms with Gasteiger partial charge >= 0.3 is 0 Å². The molecular weight excluding hydrogens is 256 g/mol. The van der Waals surface area contributed by atoms with Crippen molar-refractivity contribution in [3.8, 4) is 0 Å². The van der Waals surface area contributed by atoms with Crippen LogP contribution in [0.2, 0.25) is 0 Å². The van der Waals surface area contributed by atoms with Crippen molar-refractivity contribution in [1.29, 1.82) is 0 Å². The summed E-state index contributed by atoms with van der Waals surface area (Å²) < 4.78 is 26.0. The van der Waals surface area contributed by atoms with Crippen molar-refractivity contribution in [3.63, 3.8) is 0 Å². The molecule has 1 aromatic rings. The van der Waals surface area contributed by atoms with Crippen molar-refractivity contribution >= 4 is 15.7 Å². The fourth-order valence-electron chi connectivity index (χ4n) is 1.33. The molecule has 0 amide bonds. The maximum absolute atomic E-state index is 11.8. The normalized spacial score (nSPS) is 11.2. The van der Waals surface area contributed by atoms with Crippen LogP contribution in [0.5, 0.6) is 0 Å². The Morgan fingerprint density at radius 3 is 2.72 bits per heavy atom. The highest BCUT2D eigenvalue weighted by Gasteiger charge is 2.18. The summed E-state index contributed by atoms with van der Waals surface area (Å²) in [6, 6.07) is 3.82. The molecule has 18 heavy (non-hydrogen) atoms. The summed E-state index contributed by atoms with van der Waals surface area (Å²) in [6.45, 7) is 5.25. The largest absolute Gasteiger partial charge is 0.273 e. The Morgan fingerprint density at radius 2 is 2.17 bits per heavy atom. The van der Waals surface area contributed by atoms with Gasteiger partial charge in [0.25, 0.3) is 5.69 Å². The zero-order valence-corrected chi connectivity index (χ0v) is 10.7. The Kier molecular flexibility index (Phi) is 4.57. The van der Waals surface area contributed by atoms with Crippen molar-refractivity contribution in [2.75, 3.05) is 6.54 Å². The highest BCUT2D eigenvalue weighted by molar-refractivity contribution is 7.89. The molecule has 1 aromatic carbocycles. The second-order valence-electron chi connectivity index (χ2n) is 3.68. The van der Waals surface area contributed by atoms with E-state index in [4.69, 9.17) is 0 Å². The first-order chi connectivity index (χ1) is 8.38. The van der Waals surface area contributed by atoms with Gasteiger partial charge in [0.2, 0.25) is 10.0 Å². The van der Waals surface area contributed by atoms with Gasteiger partial charge in [-0.3, -0.25) is 10.1 Å². The van der Waals surface area contributed by atoms with Crippen molar-refractivity contribution in [1.82, 2.24) is 4.72 Å². The number of benzene rings is 1. The van der Waals surface area contributed by atoms with Crippen LogP contribution < -0.4 is 4.72 Å². The van der Waals surface area contributed by atoms with Gasteiger partial charge in [-0.05, 0) is 19.4 Å². The lowest BCUT2D eigenvalue weighted by Crippen LogP contribution is -2.24. The van der Waals surface area contributed by atoms with E-state index in [0.29, 0.717) is 12.0 Å². The molecule has 0 radical (unpaired) electrons. The zero-order chi connectivity index (χ0) is 13.8. The third kappa shape index (κ3) is 3.38. The van der Waals surface area contributed by atoms with Crippen molar-refractivity contribution in [3.05, 3.63) is 46.5 Å². The van der Waals surface area contributed by atoms with Gasteiger partial charge in [-0.15, -0.1) is 6.58 Å². The molecule has 0 aliphatic heterocycles. The first-order valence-electron chi connectivity index (χ1n) is 5.24. The molecule has 0 spiro atoms. The lowest BCUT2D eigenvalue weighted by atomic mass is 10.2. The fourth-order valence-corrected chi connectivity index (χ4v) is 2.40. The Labute approximate surface area is 106 Å². The van der Waals surface area contributed by atoms with Crippen LogP contribution >= 0.6 is 0 Å². The second-order valence-corrected chi connectivity index (χ2v) is 5.45. The zero-order valence-electron chi connectivity index (χ0n) is 9.92. The molecule has 0 saturated carbocycles. The number of nitrogens with zero attached hydrogens (tertiary/aromatic N) is 1. The highest BCUT2D eigenvalue weighted by atomic mass is 32.2. The molecule has 0 aromatic heterocycles. The number of nitrogens with one attached hydrogen (secondary N) is 1. The van der Waals surface area contributed by atoms with Crippen LogP contribution in [0.15, 0.2) is 35.7 Å². The molecule has 98 valence electrons. The lowest BCUT2D eigenvalue weighted by molar-refractivity contribution is -0.385. The lowest BCUT2D eigenvalue weighted by Gasteiger charge is -2.06. The van der Waals surface area contributed by atoms with Crippen LogP contribution in [0.4, 0.5) is 5.69 Å². The van der Waals surface area contributed by atoms with E-state index in [1.165, 1.54) is 12.1 Å². The van der Waals surface area contributed by atoms with Gasteiger partial charge < -0.3 is 0 Å². The van der Waals surface area contributed by atoms with Gasteiger partial charge in [-0.25, -0.2) is 13.1 Å². The topological polar surface area (TPSA) is 89.3 Å². The van der Waals surface area contributed by atoms with Crippen LogP contribution in [-0.4, -0.2) is 19.9 Å². The van der Waals surface area contributed by atoms with Gasteiger partial charge in [-0.2, -0.15) is 0 Å². The molecule has 0 atom stereocenters. The van der Waals surface area contributed by atoms with E-state index in [9.17, 15) is 18.5 Å². The molecule has 0 bridgehead atoms. The van der Waals surface area contributed by atoms with Crippen molar-refractivity contribution < 1.29 is 13.3 Å². The van der Waals surface area contributed by atoms with Gasteiger partial charge in [0.15, 0.2) is 0 Å². The Bertz CT molecular complexity index is 566. The maximum Gasteiger partial charge on any atom is 0.273 e. The molecule has 6 nitrogen and oxygen atoms in total. The molecule has 0 saturated heterocycles. The quantitative estimate of drug-likeness (QED) is 0.369. The second kappa shape index (κ2) is 5.74. The average Bonchev–Trinajstić information content (AvgIpc) is 2.29. The molecule has 0 fully saturated rings. The number of nitro groups is 1. The van der Waals surface area contributed by atoms with Crippen LogP contribution in [-0.2, 0) is 10.0 Å². The molecule has 0 aliphatic carbocycles. The summed E-state index contributed by atoms with van der Waals surface area (Å²) in [7, 11) is -3.71. The molecule has 0 aliphatic rings. The third-order valence-corrected chi connectivity index (χ3v) is 3.79. The predicted molar refractivity (Wildman–Crippen MR) is 67.8 cm³/mol. The monoisotopic (exact) mass is 270 g/mol. The highest BCUT2D eigenvalue weighted by Crippen LogP contribution is 2.21. The smallest absolute Gasteiger partial charge is 0.258 e. The van der Waals surface area contributed by atoms with E-state index in [-0.39, 0.29) is 17.1 Å². The van der Waals surface area contributed by atoms with Crippen LogP contribution in [0.3, 0.4) is 0 Å². The SMILES string of the molecule is C=CCCNS(=O)(=O)c1ccc(C)c([N+](=O)[O-])c1. The van der Waals surface area contributed by atoms with Crippen LogP contribution in [0.25, 0.3) is 0 Å². The van der Waals surface area contributed by atoms with Gasteiger partial charge in [0, 0.05) is 18.2 Å². The van der Waals surface area contributed by atoms with Gasteiger partial charge in [0.1, 0.15) is 0 Å². The molecule has 1 N–H and O–H groups in total. The van der Waals surface area contributed by atoms with Gasteiger partial charge in [-0.1, -0.05) is 12.1 Å². The van der Waals surface area contributed by atoms with E-state index in [2.05, 4.69) is 11.3 Å². The van der Waals surface area contributed by atoms with Crippen molar-refractivity contribution in [2.24, 2.45) is 0 Å². The summed E-state index contributed by atoms with van der Waals surface area (Å²) in [4.78, 5) is 10.0. The minimum Gasteiger partial charge on any atom is -0.258 e. The first-order valence-corrected chi connectivity index (χ1v) is 6.72. The number of hydrogen-bond donors (Lipinski definition) is 1. The Hall–Kier alpha value is -1.73. The third-order valence-electron chi connectivity index (χ3n) is 2.33. The molecule has 0 unspecified atom stereocenters. The minimum absolute atomic E-state index is 0.108. The summed E-state index contributed by atoms with van der Waals surface area (Å²) in [6.07, 6.45) is 2.08. The fraction of sp³-hybridized carbons (Fsp3) is 0.273. The first kappa shape index (κ1) is 14.3. The van der Waals surface area contributed by atoms with E-state index < -0.39 is 14.9 Å². The molecule has 7 heteroatoms. The number of sulfonamides is 1. The number of rotatable bonds is 6. The van der Waals surface area contributed by atoms with E-state index in [1.807, 2.05) is 0 Å². The summed E-state index contributed by atoms with van der Waals surface area (Å²) in [5, 5.41) is 10.7. The predicted octanol–water partition coefficient (Wildman–Crippen LogP) is 1.76. The van der Waals surface area contributed by atoms with E-state index in [0.717, 1.165) is 6.07 Å². The Morgan fingerprint density at radius 1 is 1.50 bits per heavy atom. The molecule has 1 rings (SSSR count). The summed E-state index contributed by atoms with van der Waals surface area (Å²) in [5.74, 6) is 0. The summed E-state index contributed by atoms with van der Waals surface area (Å²) in [5.41, 5.74) is 0.214. The minimum atomic E-state index is -3.71. The molecular formula is C11H14N2O4S. The maximum atomic E-state index is 11.8.